The molecule has 0 aliphatic carbocycles. The van der Waals surface area contributed by atoms with Crippen LogP contribution < -0.4 is 5.32 Å². The Morgan fingerprint density at radius 1 is 1.16 bits per heavy atom. The van der Waals surface area contributed by atoms with E-state index in [1.165, 1.54) is 5.56 Å². The average Bonchev–Trinajstić information content (AvgIpc) is 2.42. The van der Waals surface area contributed by atoms with Gasteiger partial charge in [0.25, 0.3) is 0 Å². The lowest BCUT2D eigenvalue weighted by Crippen LogP contribution is -2.31. The Labute approximate surface area is 119 Å². The number of benzene rings is 1. The van der Waals surface area contributed by atoms with Crippen molar-refractivity contribution in [3.63, 3.8) is 0 Å². The molecule has 1 aromatic heterocycles. The van der Waals surface area contributed by atoms with Crippen molar-refractivity contribution in [3.8, 4) is 0 Å². The molecule has 100 valence electrons. The van der Waals surface area contributed by atoms with E-state index in [2.05, 4.69) is 41.3 Å². The molecule has 2 unspecified atom stereocenters. The van der Waals surface area contributed by atoms with Crippen molar-refractivity contribution < 1.29 is 0 Å². The highest BCUT2D eigenvalue weighted by molar-refractivity contribution is 6.30. The Morgan fingerprint density at radius 3 is 2.53 bits per heavy atom. The third kappa shape index (κ3) is 4.30. The van der Waals surface area contributed by atoms with Gasteiger partial charge >= 0.3 is 0 Å². The van der Waals surface area contributed by atoms with Crippen LogP contribution in [0.5, 0.6) is 0 Å². The summed E-state index contributed by atoms with van der Waals surface area (Å²) in [4.78, 5) is 8.40. The van der Waals surface area contributed by atoms with E-state index in [1.54, 1.807) is 18.6 Å². The van der Waals surface area contributed by atoms with Crippen LogP contribution in [-0.4, -0.2) is 16.0 Å². The van der Waals surface area contributed by atoms with E-state index in [-0.39, 0.29) is 6.04 Å². The molecule has 0 saturated heterocycles. The van der Waals surface area contributed by atoms with E-state index in [1.807, 2.05) is 12.1 Å². The lowest BCUT2D eigenvalue weighted by molar-refractivity contribution is 0.469. The fraction of sp³-hybridized carbons (Fsp3) is 0.333. The van der Waals surface area contributed by atoms with Gasteiger partial charge in [-0.2, -0.15) is 0 Å². The Hall–Kier alpha value is -1.45. The zero-order valence-electron chi connectivity index (χ0n) is 11.2. The Bertz CT molecular complexity index is 499. The molecular formula is C15H18ClN3. The molecule has 0 amide bonds. The maximum absolute atomic E-state index is 5.88. The van der Waals surface area contributed by atoms with Crippen LogP contribution in [0.2, 0.25) is 5.02 Å². The summed E-state index contributed by atoms with van der Waals surface area (Å²) in [6.45, 7) is 4.27. The highest BCUT2D eigenvalue weighted by atomic mass is 35.5. The number of hydrogen-bond donors (Lipinski definition) is 1. The molecule has 0 spiro atoms. The molecule has 1 aromatic carbocycles. The summed E-state index contributed by atoms with van der Waals surface area (Å²) in [5.41, 5.74) is 2.24. The monoisotopic (exact) mass is 275 g/mol. The second-order valence-electron chi connectivity index (χ2n) is 4.75. The summed E-state index contributed by atoms with van der Waals surface area (Å²) in [7, 11) is 0. The topological polar surface area (TPSA) is 37.8 Å². The normalized spacial score (nSPS) is 14.1. The van der Waals surface area contributed by atoms with E-state index >= 15 is 0 Å². The van der Waals surface area contributed by atoms with Crippen LogP contribution in [0.3, 0.4) is 0 Å². The quantitative estimate of drug-likeness (QED) is 0.909. The second kappa shape index (κ2) is 6.64. The highest BCUT2D eigenvalue weighted by Crippen LogP contribution is 2.13. The SMILES string of the molecule is CC(Cc1ccc(Cl)cc1)NC(C)c1cnccn1. The van der Waals surface area contributed by atoms with Crippen LogP contribution in [0.15, 0.2) is 42.9 Å². The van der Waals surface area contributed by atoms with Crippen LogP contribution in [0.25, 0.3) is 0 Å². The van der Waals surface area contributed by atoms with E-state index in [0.29, 0.717) is 6.04 Å². The van der Waals surface area contributed by atoms with Crippen LogP contribution in [-0.2, 0) is 6.42 Å². The summed E-state index contributed by atoms with van der Waals surface area (Å²) >= 11 is 5.88. The third-order valence-electron chi connectivity index (χ3n) is 3.02. The summed E-state index contributed by atoms with van der Waals surface area (Å²) in [5, 5.41) is 4.30. The van der Waals surface area contributed by atoms with Crippen molar-refractivity contribution in [2.75, 3.05) is 0 Å². The minimum Gasteiger partial charge on any atom is -0.306 e. The van der Waals surface area contributed by atoms with Crippen molar-refractivity contribution in [2.45, 2.75) is 32.4 Å². The van der Waals surface area contributed by atoms with Gasteiger partial charge in [-0.15, -0.1) is 0 Å². The molecule has 0 fully saturated rings. The number of nitrogens with zero attached hydrogens (tertiary/aromatic N) is 2. The molecule has 19 heavy (non-hydrogen) atoms. The first-order chi connectivity index (χ1) is 9.15. The predicted octanol–water partition coefficient (Wildman–Crippen LogP) is 3.41. The summed E-state index contributed by atoms with van der Waals surface area (Å²) in [5.74, 6) is 0. The number of halogens is 1. The van der Waals surface area contributed by atoms with Crippen molar-refractivity contribution >= 4 is 11.6 Å². The minimum absolute atomic E-state index is 0.191. The lowest BCUT2D eigenvalue weighted by atomic mass is 10.1. The van der Waals surface area contributed by atoms with Gasteiger partial charge in [0.15, 0.2) is 0 Å². The van der Waals surface area contributed by atoms with E-state index in [9.17, 15) is 0 Å². The Morgan fingerprint density at radius 2 is 1.89 bits per heavy atom. The summed E-state index contributed by atoms with van der Waals surface area (Å²) < 4.78 is 0. The standard InChI is InChI=1S/C15H18ClN3/c1-11(9-13-3-5-14(16)6-4-13)19-12(2)15-10-17-7-8-18-15/h3-8,10-12,19H,9H2,1-2H3. The molecule has 0 bridgehead atoms. The first-order valence-electron chi connectivity index (χ1n) is 6.41. The number of aromatic nitrogens is 2. The van der Waals surface area contributed by atoms with Gasteiger partial charge in [0.05, 0.1) is 5.69 Å². The molecule has 3 nitrogen and oxygen atoms in total. The first-order valence-corrected chi connectivity index (χ1v) is 6.79. The predicted molar refractivity (Wildman–Crippen MR) is 78.2 cm³/mol. The van der Waals surface area contributed by atoms with Crippen molar-refractivity contribution in [1.29, 1.82) is 0 Å². The number of nitrogens with one attached hydrogen (secondary N) is 1. The summed E-state index contributed by atoms with van der Waals surface area (Å²) in [6.07, 6.45) is 6.17. The van der Waals surface area contributed by atoms with Crippen molar-refractivity contribution in [2.24, 2.45) is 0 Å². The van der Waals surface area contributed by atoms with Gasteiger partial charge in [-0.1, -0.05) is 23.7 Å². The van der Waals surface area contributed by atoms with Gasteiger partial charge in [0.1, 0.15) is 0 Å². The molecule has 0 aliphatic heterocycles. The van der Waals surface area contributed by atoms with Crippen LogP contribution >= 0.6 is 11.6 Å². The fourth-order valence-corrected chi connectivity index (χ4v) is 2.21. The van der Waals surface area contributed by atoms with E-state index < -0.39 is 0 Å². The lowest BCUT2D eigenvalue weighted by Gasteiger charge is -2.19. The average molecular weight is 276 g/mol. The van der Waals surface area contributed by atoms with Gasteiger partial charge in [-0.05, 0) is 38.0 Å². The number of hydrogen-bond acceptors (Lipinski definition) is 3. The molecular weight excluding hydrogens is 258 g/mol. The zero-order chi connectivity index (χ0) is 13.7. The van der Waals surface area contributed by atoms with Gasteiger partial charge in [-0.25, -0.2) is 0 Å². The first kappa shape index (κ1) is 14.0. The van der Waals surface area contributed by atoms with Gasteiger partial charge in [0.2, 0.25) is 0 Å². The third-order valence-corrected chi connectivity index (χ3v) is 3.27. The maximum atomic E-state index is 5.88. The Balaban J connectivity index is 1.90. The molecule has 2 atom stereocenters. The van der Waals surface area contributed by atoms with Crippen molar-refractivity contribution in [1.82, 2.24) is 15.3 Å². The van der Waals surface area contributed by atoms with Gasteiger partial charge in [0, 0.05) is 35.7 Å². The molecule has 2 rings (SSSR count). The second-order valence-corrected chi connectivity index (χ2v) is 5.19. The summed E-state index contributed by atoms with van der Waals surface area (Å²) in [6, 6.07) is 8.53. The fourth-order valence-electron chi connectivity index (χ4n) is 2.08. The smallest absolute Gasteiger partial charge is 0.0753 e. The number of rotatable bonds is 5. The largest absolute Gasteiger partial charge is 0.306 e. The van der Waals surface area contributed by atoms with E-state index in [4.69, 9.17) is 11.6 Å². The van der Waals surface area contributed by atoms with Crippen LogP contribution in [0, 0.1) is 0 Å². The highest BCUT2D eigenvalue weighted by Gasteiger charge is 2.11. The van der Waals surface area contributed by atoms with Crippen molar-refractivity contribution in [3.05, 3.63) is 59.1 Å². The minimum atomic E-state index is 0.191. The van der Waals surface area contributed by atoms with Crippen LogP contribution in [0.1, 0.15) is 31.1 Å². The molecule has 2 aromatic rings. The van der Waals surface area contributed by atoms with Crippen LogP contribution in [0.4, 0.5) is 0 Å². The molecule has 1 heterocycles. The molecule has 4 heteroatoms. The molecule has 0 aliphatic rings. The van der Waals surface area contributed by atoms with Gasteiger partial charge in [-0.3, -0.25) is 9.97 Å². The molecule has 1 N–H and O–H groups in total. The van der Waals surface area contributed by atoms with Gasteiger partial charge < -0.3 is 5.32 Å². The zero-order valence-corrected chi connectivity index (χ0v) is 11.9. The van der Waals surface area contributed by atoms with E-state index in [0.717, 1.165) is 17.1 Å². The molecule has 0 radical (unpaired) electrons. The molecule has 0 saturated carbocycles. The Kier molecular flexibility index (Phi) is 4.88. The maximum Gasteiger partial charge on any atom is 0.0753 e.